The molecule has 5 nitrogen and oxygen atoms in total. The number of carbonyl (C=O) groups excluding carboxylic acids is 1. The number of nitrogens with one attached hydrogen (secondary N) is 1. The second kappa shape index (κ2) is 9.74. The third-order valence-electron chi connectivity index (χ3n) is 5.83. The van der Waals surface area contributed by atoms with Gasteiger partial charge in [0.25, 0.3) is 5.56 Å². The van der Waals surface area contributed by atoms with Crippen LogP contribution in [0.25, 0.3) is 15.9 Å². The number of thioether (sulfide) groups is 1. The third-order valence-corrected chi connectivity index (χ3v) is 8.61. The Labute approximate surface area is 215 Å². The minimum absolute atomic E-state index is 0.0973. The lowest BCUT2D eigenvalue weighted by Crippen LogP contribution is -2.23. The molecule has 2 aromatic carbocycles. The smallest absolute Gasteiger partial charge is 0.267 e. The number of carbonyl (C=O) groups is 1. The fourth-order valence-electron chi connectivity index (χ4n) is 4.10. The molecule has 174 valence electrons. The standard InChI is InChI=1S/C25H21Cl2N3O2S2/c1-14-6-9-16(12-19(14)27)28-21(31)13-33-25-29-23-22(18-4-2-3-5-20(18)34-23)24(32)30(25)17-10-7-15(26)8-11-17/h6-12H,2-5,13H2,1H3,(H,28,31). The van der Waals surface area contributed by atoms with Gasteiger partial charge in [-0.1, -0.05) is 41.0 Å². The summed E-state index contributed by atoms with van der Waals surface area (Å²) >= 11 is 15.1. The molecule has 2 heterocycles. The predicted molar refractivity (Wildman–Crippen MR) is 142 cm³/mol. The molecule has 0 spiro atoms. The molecule has 0 radical (unpaired) electrons. The van der Waals surface area contributed by atoms with Crippen LogP contribution in [0.1, 0.15) is 28.8 Å². The number of aromatic nitrogens is 2. The molecule has 0 atom stereocenters. The van der Waals surface area contributed by atoms with Crippen molar-refractivity contribution in [3.63, 3.8) is 0 Å². The predicted octanol–water partition coefficient (Wildman–Crippen LogP) is 6.67. The second-order valence-electron chi connectivity index (χ2n) is 8.20. The molecule has 1 aliphatic carbocycles. The zero-order valence-corrected chi connectivity index (χ0v) is 21.5. The van der Waals surface area contributed by atoms with Crippen LogP contribution >= 0.6 is 46.3 Å². The highest BCUT2D eigenvalue weighted by molar-refractivity contribution is 7.99. The van der Waals surface area contributed by atoms with E-state index in [1.807, 2.05) is 19.1 Å². The monoisotopic (exact) mass is 529 g/mol. The molecule has 9 heteroatoms. The minimum Gasteiger partial charge on any atom is -0.325 e. The van der Waals surface area contributed by atoms with Gasteiger partial charge in [0.15, 0.2) is 5.16 Å². The number of hydrogen-bond donors (Lipinski definition) is 1. The SMILES string of the molecule is Cc1ccc(NC(=O)CSc2nc3sc4c(c3c(=O)n2-c2ccc(Cl)cc2)CCCC4)cc1Cl. The van der Waals surface area contributed by atoms with E-state index in [1.165, 1.54) is 16.6 Å². The van der Waals surface area contributed by atoms with Crippen molar-refractivity contribution in [3.8, 4) is 5.69 Å². The van der Waals surface area contributed by atoms with E-state index in [4.69, 9.17) is 28.2 Å². The lowest BCUT2D eigenvalue weighted by Gasteiger charge is -2.14. The van der Waals surface area contributed by atoms with E-state index in [0.29, 0.717) is 32.0 Å². The van der Waals surface area contributed by atoms with Crippen LogP contribution in [-0.4, -0.2) is 21.2 Å². The van der Waals surface area contributed by atoms with E-state index in [9.17, 15) is 9.59 Å². The number of benzene rings is 2. The molecule has 1 aliphatic rings. The Balaban J connectivity index is 1.50. The summed E-state index contributed by atoms with van der Waals surface area (Å²) in [5.41, 5.74) is 3.28. The van der Waals surface area contributed by atoms with E-state index in [-0.39, 0.29) is 17.2 Å². The van der Waals surface area contributed by atoms with Gasteiger partial charge < -0.3 is 5.32 Å². The highest BCUT2D eigenvalue weighted by atomic mass is 35.5. The molecule has 0 saturated heterocycles. The molecule has 0 bridgehead atoms. The van der Waals surface area contributed by atoms with Gasteiger partial charge in [-0.05, 0) is 80.1 Å². The molecule has 2 aromatic heterocycles. The lowest BCUT2D eigenvalue weighted by atomic mass is 9.97. The maximum Gasteiger partial charge on any atom is 0.267 e. The van der Waals surface area contributed by atoms with Crippen molar-refractivity contribution in [2.75, 3.05) is 11.1 Å². The summed E-state index contributed by atoms with van der Waals surface area (Å²) in [4.78, 5) is 33.3. The number of halogens is 2. The fourth-order valence-corrected chi connectivity index (χ4v) is 6.52. The average Bonchev–Trinajstić information content (AvgIpc) is 3.20. The zero-order chi connectivity index (χ0) is 23.8. The molecule has 34 heavy (non-hydrogen) atoms. The Hall–Kier alpha value is -2.32. The van der Waals surface area contributed by atoms with Gasteiger partial charge in [0.2, 0.25) is 5.91 Å². The van der Waals surface area contributed by atoms with Crippen LogP contribution in [0.5, 0.6) is 0 Å². The zero-order valence-electron chi connectivity index (χ0n) is 18.4. The van der Waals surface area contributed by atoms with E-state index in [1.54, 1.807) is 46.2 Å². The van der Waals surface area contributed by atoms with Crippen molar-refractivity contribution in [2.45, 2.75) is 37.8 Å². The molecule has 4 aromatic rings. The van der Waals surface area contributed by atoms with Crippen LogP contribution in [0.2, 0.25) is 10.0 Å². The van der Waals surface area contributed by atoms with Gasteiger partial charge in [-0.2, -0.15) is 0 Å². The first-order chi connectivity index (χ1) is 16.4. The summed E-state index contributed by atoms with van der Waals surface area (Å²) in [6.07, 6.45) is 4.11. The molecule has 0 fully saturated rings. The van der Waals surface area contributed by atoms with Crippen LogP contribution in [-0.2, 0) is 17.6 Å². The molecular weight excluding hydrogens is 509 g/mol. The van der Waals surface area contributed by atoms with E-state index in [2.05, 4.69) is 5.32 Å². The second-order valence-corrected chi connectivity index (χ2v) is 11.1. The Morgan fingerprint density at radius 2 is 1.91 bits per heavy atom. The van der Waals surface area contributed by atoms with Crippen molar-refractivity contribution < 1.29 is 4.79 Å². The summed E-state index contributed by atoms with van der Waals surface area (Å²) in [5.74, 6) is -0.102. The summed E-state index contributed by atoms with van der Waals surface area (Å²) in [6.45, 7) is 1.91. The van der Waals surface area contributed by atoms with Crippen molar-refractivity contribution in [1.29, 1.82) is 0 Å². The number of hydrogen-bond acceptors (Lipinski definition) is 5. The summed E-state index contributed by atoms with van der Waals surface area (Å²) < 4.78 is 1.60. The number of thiophene rings is 1. The van der Waals surface area contributed by atoms with Crippen LogP contribution < -0.4 is 10.9 Å². The van der Waals surface area contributed by atoms with Gasteiger partial charge in [-0.3, -0.25) is 14.2 Å². The number of aryl methyl sites for hydroxylation is 3. The Bertz CT molecular complexity index is 1460. The first-order valence-corrected chi connectivity index (χ1v) is 13.5. The maximum absolute atomic E-state index is 13.7. The van der Waals surface area contributed by atoms with Gasteiger partial charge in [-0.25, -0.2) is 4.98 Å². The van der Waals surface area contributed by atoms with Crippen LogP contribution in [0.3, 0.4) is 0 Å². The molecule has 1 N–H and O–H groups in total. The lowest BCUT2D eigenvalue weighted by molar-refractivity contribution is -0.113. The highest BCUT2D eigenvalue weighted by Crippen LogP contribution is 2.35. The van der Waals surface area contributed by atoms with E-state index in [0.717, 1.165) is 41.6 Å². The van der Waals surface area contributed by atoms with Gasteiger partial charge in [0, 0.05) is 20.6 Å². The summed E-state index contributed by atoms with van der Waals surface area (Å²) in [5, 5.41) is 5.23. The Morgan fingerprint density at radius 3 is 2.68 bits per heavy atom. The molecule has 1 amide bonds. The van der Waals surface area contributed by atoms with Gasteiger partial charge in [0.05, 0.1) is 16.8 Å². The Kier molecular flexibility index (Phi) is 6.71. The van der Waals surface area contributed by atoms with Crippen molar-refractivity contribution in [2.24, 2.45) is 0 Å². The number of amides is 1. The number of nitrogens with zero attached hydrogens (tertiary/aromatic N) is 2. The number of fused-ring (bicyclic) bond motifs is 3. The van der Waals surface area contributed by atoms with E-state index < -0.39 is 0 Å². The first-order valence-electron chi connectivity index (χ1n) is 10.9. The topological polar surface area (TPSA) is 64.0 Å². The molecule has 0 unspecified atom stereocenters. The largest absolute Gasteiger partial charge is 0.325 e. The summed E-state index contributed by atoms with van der Waals surface area (Å²) in [7, 11) is 0. The van der Waals surface area contributed by atoms with Crippen LogP contribution in [0.15, 0.2) is 52.4 Å². The maximum atomic E-state index is 13.7. The molecule has 5 rings (SSSR count). The minimum atomic E-state index is -0.201. The van der Waals surface area contributed by atoms with Crippen molar-refractivity contribution in [1.82, 2.24) is 9.55 Å². The van der Waals surface area contributed by atoms with Gasteiger partial charge in [0.1, 0.15) is 4.83 Å². The van der Waals surface area contributed by atoms with Crippen LogP contribution in [0.4, 0.5) is 5.69 Å². The fraction of sp³-hybridized carbons (Fsp3) is 0.240. The van der Waals surface area contributed by atoms with Crippen LogP contribution in [0, 0.1) is 6.92 Å². The quantitative estimate of drug-likeness (QED) is 0.231. The van der Waals surface area contributed by atoms with Crippen molar-refractivity contribution in [3.05, 3.63) is 78.9 Å². The first kappa shape index (κ1) is 23.4. The third kappa shape index (κ3) is 4.62. The van der Waals surface area contributed by atoms with Gasteiger partial charge >= 0.3 is 0 Å². The van der Waals surface area contributed by atoms with Gasteiger partial charge in [-0.15, -0.1) is 11.3 Å². The molecule has 0 saturated carbocycles. The number of anilines is 1. The Morgan fingerprint density at radius 1 is 1.15 bits per heavy atom. The normalized spacial score (nSPS) is 13.1. The summed E-state index contributed by atoms with van der Waals surface area (Å²) in [6, 6.07) is 12.5. The van der Waals surface area contributed by atoms with Crippen molar-refractivity contribution >= 4 is 68.1 Å². The molecular formula is C25H21Cl2N3O2S2. The van der Waals surface area contributed by atoms with E-state index >= 15 is 0 Å². The average molecular weight is 531 g/mol. The number of rotatable bonds is 5. The molecule has 0 aliphatic heterocycles. The highest BCUT2D eigenvalue weighted by Gasteiger charge is 2.23.